The molecule has 1 unspecified atom stereocenters. The predicted molar refractivity (Wildman–Crippen MR) is 92.9 cm³/mol. The van der Waals surface area contributed by atoms with Crippen LogP contribution in [0.5, 0.6) is 0 Å². The van der Waals surface area contributed by atoms with Crippen molar-refractivity contribution in [1.29, 1.82) is 0 Å². The molecule has 0 aromatic rings. The van der Waals surface area contributed by atoms with Gasteiger partial charge in [0.2, 0.25) is 0 Å². The van der Waals surface area contributed by atoms with Crippen LogP contribution in [0, 0.1) is 0 Å². The smallest absolute Gasteiger partial charge is 0.333 e. The Hall–Kier alpha value is -1.84. The molecule has 9 heteroatoms. The summed E-state index contributed by atoms with van der Waals surface area (Å²) in [6, 6.07) is -0.926. The summed E-state index contributed by atoms with van der Waals surface area (Å²) in [7, 11) is 5.26. The van der Waals surface area contributed by atoms with E-state index in [0.29, 0.717) is 25.3 Å². The molecule has 0 radical (unpaired) electrons. The number of hydrogen-bond donors (Lipinski definition) is 1. The van der Waals surface area contributed by atoms with E-state index >= 15 is 0 Å². The van der Waals surface area contributed by atoms with Crippen molar-refractivity contribution < 1.29 is 19.3 Å². The molecule has 3 aliphatic rings. The SMILES string of the molecule is CN1CCN(CC2=[N+](CCCO)C3C(=O)N(C)C(=O)N(C)C3=N2)CC1. The van der Waals surface area contributed by atoms with E-state index in [1.165, 1.54) is 11.9 Å². The molecule has 25 heavy (non-hydrogen) atoms. The first-order valence-corrected chi connectivity index (χ1v) is 8.72. The molecule has 3 heterocycles. The average molecular weight is 351 g/mol. The van der Waals surface area contributed by atoms with Crippen molar-refractivity contribution in [2.24, 2.45) is 4.99 Å². The minimum absolute atomic E-state index is 0.0547. The normalized spacial score (nSPS) is 25.8. The summed E-state index contributed by atoms with van der Waals surface area (Å²) in [5.41, 5.74) is 0. The molecule has 0 aromatic carbocycles. The van der Waals surface area contributed by atoms with Crippen LogP contribution in [-0.2, 0) is 4.79 Å². The Morgan fingerprint density at radius 1 is 1.12 bits per heavy atom. The fourth-order valence-corrected chi connectivity index (χ4v) is 3.48. The van der Waals surface area contributed by atoms with Crippen LogP contribution in [0.25, 0.3) is 0 Å². The van der Waals surface area contributed by atoms with E-state index in [1.54, 1.807) is 7.05 Å². The summed E-state index contributed by atoms with van der Waals surface area (Å²) in [6.07, 6.45) is 0.556. The predicted octanol–water partition coefficient (Wildman–Crippen LogP) is -1.67. The number of fused-ring (bicyclic) bond motifs is 1. The van der Waals surface area contributed by atoms with Crippen molar-refractivity contribution in [3.63, 3.8) is 0 Å². The highest BCUT2D eigenvalue weighted by atomic mass is 16.3. The third-order valence-electron chi connectivity index (χ3n) is 5.13. The van der Waals surface area contributed by atoms with Gasteiger partial charge in [-0.3, -0.25) is 19.5 Å². The van der Waals surface area contributed by atoms with Gasteiger partial charge in [-0.1, -0.05) is 0 Å². The number of imide groups is 1. The summed E-state index contributed by atoms with van der Waals surface area (Å²) in [6.45, 7) is 5.15. The summed E-state index contributed by atoms with van der Waals surface area (Å²) in [5, 5.41) is 9.22. The first-order valence-electron chi connectivity index (χ1n) is 8.72. The lowest BCUT2D eigenvalue weighted by molar-refractivity contribution is -0.537. The summed E-state index contributed by atoms with van der Waals surface area (Å²) < 4.78 is 1.95. The molecule has 0 saturated carbocycles. The summed E-state index contributed by atoms with van der Waals surface area (Å²) in [5.74, 6) is 1.05. The number of rotatable bonds is 5. The summed E-state index contributed by atoms with van der Waals surface area (Å²) >= 11 is 0. The molecule has 3 aliphatic heterocycles. The van der Waals surface area contributed by atoms with Gasteiger partial charge in [-0.05, 0) is 12.0 Å². The molecular formula is C16H27N6O3+. The van der Waals surface area contributed by atoms with E-state index in [2.05, 4.69) is 21.8 Å². The molecule has 2 saturated heterocycles. The van der Waals surface area contributed by atoms with Gasteiger partial charge in [0.15, 0.2) is 0 Å². The highest BCUT2D eigenvalue weighted by molar-refractivity contribution is 6.23. The number of nitrogens with zero attached hydrogens (tertiary/aromatic N) is 6. The van der Waals surface area contributed by atoms with Crippen molar-refractivity contribution in [3.05, 3.63) is 0 Å². The van der Waals surface area contributed by atoms with Crippen molar-refractivity contribution >= 4 is 23.6 Å². The zero-order valence-electron chi connectivity index (χ0n) is 15.2. The highest BCUT2D eigenvalue weighted by Gasteiger charge is 2.52. The topological polar surface area (TPSA) is 82.7 Å². The second kappa shape index (κ2) is 7.19. The molecule has 9 nitrogen and oxygen atoms in total. The second-order valence-electron chi connectivity index (χ2n) is 6.88. The van der Waals surface area contributed by atoms with Gasteiger partial charge >= 0.3 is 11.9 Å². The number of likely N-dealkylation sites (N-methyl/N-ethyl adjacent to an activating group) is 3. The van der Waals surface area contributed by atoms with Crippen LogP contribution >= 0.6 is 0 Å². The number of carbonyl (C=O) groups is 2. The van der Waals surface area contributed by atoms with E-state index in [9.17, 15) is 14.7 Å². The van der Waals surface area contributed by atoms with E-state index < -0.39 is 6.04 Å². The Kier molecular flexibility index (Phi) is 5.16. The van der Waals surface area contributed by atoms with Crippen molar-refractivity contribution in [1.82, 2.24) is 19.6 Å². The van der Waals surface area contributed by atoms with Crippen LogP contribution in [0.1, 0.15) is 6.42 Å². The number of amides is 3. The van der Waals surface area contributed by atoms with Gasteiger partial charge in [0.25, 0.3) is 17.8 Å². The molecule has 0 spiro atoms. The fourth-order valence-electron chi connectivity index (χ4n) is 3.48. The van der Waals surface area contributed by atoms with Crippen LogP contribution < -0.4 is 0 Å². The van der Waals surface area contributed by atoms with E-state index in [1.807, 2.05) is 4.58 Å². The molecular weight excluding hydrogens is 324 g/mol. The van der Waals surface area contributed by atoms with Gasteiger partial charge in [-0.2, -0.15) is 0 Å². The van der Waals surface area contributed by atoms with Crippen LogP contribution in [0.2, 0.25) is 0 Å². The molecule has 1 N–H and O–H groups in total. The maximum absolute atomic E-state index is 12.7. The lowest BCUT2D eigenvalue weighted by Gasteiger charge is -2.31. The molecule has 1 atom stereocenters. The average Bonchev–Trinajstić information content (AvgIpc) is 2.96. The zero-order valence-corrected chi connectivity index (χ0v) is 15.2. The Morgan fingerprint density at radius 2 is 1.80 bits per heavy atom. The lowest BCUT2D eigenvalue weighted by Crippen LogP contribution is -2.61. The number of amidine groups is 2. The maximum Gasteiger partial charge on any atom is 0.333 e. The maximum atomic E-state index is 12.7. The Labute approximate surface area is 147 Å². The van der Waals surface area contributed by atoms with Gasteiger partial charge in [0.05, 0.1) is 6.54 Å². The van der Waals surface area contributed by atoms with Crippen molar-refractivity contribution in [2.75, 3.05) is 67.0 Å². The van der Waals surface area contributed by atoms with Crippen LogP contribution in [-0.4, -0.2) is 126 Å². The number of piperazine rings is 1. The molecule has 138 valence electrons. The minimum atomic E-state index is -0.568. The number of aliphatic imine (C=N–C) groups is 1. The van der Waals surface area contributed by atoms with Gasteiger partial charge in [0, 0.05) is 53.3 Å². The zero-order chi connectivity index (χ0) is 18.1. The summed E-state index contributed by atoms with van der Waals surface area (Å²) in [4.78, 5) is 36.7. The molecule has 3 amide bonds. The number of urea groups is 1. The number of aliphatic hydroxyl groups excluding tert-OH is 1. The number of hydrogen-bond acceptors (Lipinski definition) is 6. The monoisotopic (exact) mass is 351 g/mol. The third kappa shape index (κ3) is 3.31. The molecule has 0 bridgehead atoms. The van der Waals surface area contributed by atoms with Crippen LogP contribution in [0.15, 0.2) is 4.99 Å². The lowest BCUT2D eigenvalue weighted by atomic mass is 10.1. The second-order valence-corrected chi connectivity index (χ2v) is 6.88. The van der Waals surface area contributed by atoms with Gasteiger partial charge in [-0.25, -0.2) is 9.37 Å². The largest absolute Gasteiger partial charge is 0.396 e. The molecule has 3 rings (SSSR count). The molecule has 0 aliphatic carbocycles. The van der Waals surface area contributed by atoms with Gasteiger partial charge < -0.3 is 10.0 Å². The molecule has 2 fully saturated rings. The van der Waals surface area contributed by atoms with E-state index in [4.69, 9.17) is 0 Å². The molecule has 0 aromatic heterocycles. The Balaban J connectivity index is 1.86. The number of aliphatic hydroxyl groups is 1. The highest BCUT2D eigenvalue weighted by Crippen LogP contribution is 2.19. The third-order valence-corrected chi connectivity index (χ3v) is 5.13. The van der Waals surface area contributed by atoms with Gasteiger partial charge in [-0.15, -0.1) is 0 Å². The van der Waals surface area contributed by atoms with Crippen molar-refractivity contribution in [2.45, 2.75) is 12.5 Å². The Morgan fingerprint density at radius 3 is 2.44 bits per heavy atom. The van der Waals surface area contributed by atoms with Crippen molar-refractivity contribution in [3.8, 4) is 0 Å². The van der Waals surface area contributed by atoms with E-state index in [-0.39, 0.29) is 18.5 Å². The Bertz CT molecular complexity index is 623. The van der Waals surface area contributed by atoms with Crippen LogP contribution in [0.3, 0.4) is 0 Å². The van der Waals surface area contributed by atoms with Gasteiger partial charge in [0.1, 0.15) is 6.54 Å². The first kappa shape index (κ1) is 18.0. The minimum Gasteiger partial charge on any atom is -0.396 e. The first-order chi connectivity index (χ1) is 11.9. The fraction of sp³-hybridized carbons (Fsp3) is 0.750. The standard InChI is InChI=1S/C16H27N6O3/c1-18-6-8-21(9-7-18)11-12-17-14-13(22(12)5-4-10-23)15(24)20(3)16(25)19(14)2/h13,23H,4-11H2,1-3H3/q+1. The number of carbonyl (C=O) groups excluding carboxylic acids is 2. The van der Waals surface area contributed by atoms with Crippen LogP contribution in [0.4, 0.5) is 4.79 Å². The van der Waals surface area contributed by atoms with E-state index in [0.717, 1.165) is 36.9 Å². The quantitative estimate of drug-likeness (QED) is 0.599.